The van der Waals surface area contributed by atoms with E-state index in [1.807, 2.05) is 0 Å². The summed E-state index contributed by atoms with van der Waals surface area (Å²) in [5, 5.41) is 3.57. The van der Waals surface area contributed by atoms with Crippen LogP contribution in [-0.4, -0.2) is 6.54 Å². The average Bonchev–Trinajstić information content (AvgIpc) is 2.38. The summed E-state index contributed by atoms with van der Waals surface area (Å²) in [6.45, 7) is 6.46. The summed E-state index contributed by atoms with van der Waals surface area (Å²) in [5.74, 6) is 0. The maximum Gasteiger partial charge on any atom is 0.0208 e. The van der Waals surface area contributed by atoms with Gasteiger partial charge < -0.3 is 5.32 Å². The Morgan fingerprint density at radius 1 is 1.17 bits per heavy atom. The van der Waals surface area contributed by atoms with Gasteiger partial charge >= 0.3 is 0 Å². The standard InChI is InChI=1S/C17H25N/c1-14-8-9-17(15(2)12-14)13-18-11-10-16-6-4-3-5-7-16/h6,8-9,12,18H,3-5,7,10-11,13H2,1-2H3. The summed E-state index contributed by atoms with van der Waals surface area (Å²) in [6.07, 6.45) is 9.08. The molecule has 0 fully saturated rings. The minimum Gasteiger partial charge on any atom is -0.312 e. The fourth-order valence-corrected chi connectivity index (χ4v) is 2.65. The fraction of sp³-hybridized carbons (Fsp3) is 0.529. The minimum atomic E-state index is 0.999. The summed E-state index contributed by atoms with van der Waals surface area (Å²) in [7, 11) is 0. The number of hydrogen-bond acceptors (Lipinski definition) is 1. The minimum absolute atomic E-state index is 0.999. The van der Waals surface area contributed by atoms with Crippen molar-refractivity contribution in [1.29, 1.82) is 0 Å². The molecule has 1 aromatic carbocycles. The number of hydrogen-bond donors (Lipinski definition) is 1. The Hall–Kier alpha value is -1.08. The van der Waals surface area contributed by atoms with Gasteiger partial charge in [-0.05, 0) is 63.6 Å². The van der Waals surface area contributed by atoms with Crippen LogP contribution in [-0.2, 0) is 6.54 Å². The van der Waals surface area contributed by atoms with Gasteiger partial charge in [0.15, 0.2) is 0 Å². The first-order chi connectivity index (χ1) is 8.75. The first-order valence-electron chi connectivity index (χ1n) is 7.20. The quantitative estimate of drug-likeness (QED) is 0.601. The van der Waals surface area contributed by atoms with Gasteiger partial charge in [-0.1, -0.05) is 35.4 Å². The third-order valence-electron chi connectivity index (χ3n) is 3.82. The van der Waals surface area contributed by atoms with E-state index in [1.165, 1.54) is 48.8 Å². The van der Waals surface area contributed by atoms with E-state index in [4.69, 9.17) is 0 Å². The first-order valence-corrected chi connectivity index (χ1v) is 7.20. The zero-order chi connectivity index (χ0) is 12.8. The van der Waals surface area contributed by atoms with Gasteiger partial charge in [-0.25, -0.2) is 0 Å². The molecule has 0 amide bonds. The molecule has 0 saturated heterocycles. The van der Waals surface area contributed by atoms with Crippen molar-refractivity contribution in [2.75, 3.05) is 6.54 Å². The highest BCUT2D eigenvalue weighted by molar-refractivity contribution is 5.30. The van der Waals surface area contributed by atoms with Crippen LogP contribution in [0.25, 0.3) is 0 Å². The Kier molecular flexibility index (Phi) is 5.00. The van der Waals surface area contributed by atoms with E-state index in [0.717, 1.165) is 13.1 Å². The zero-order valence-electron chi connectivity index (χ0n) is 11.8. The lowest BCUT2D eigenvalue weighted by atomic mass is 9.97. The second-order valence-corrected chi connectivity index (χ2v) is 5.46. The van der Waals surface area contributed by atoms with Crippen molar-refractivity contribution in [2.24, 2.45) is 0 Å². The molecular weight excluding hydrogens is 218 g/mol. The predicted molar refractivity (Wildman–Crippen MR) is 78.8 cm³/mol. The van der Waals surface area contributed by atoms with E-state index in [-0.39, 0.29) is 0 Å². The van der Waals surface area contributed by atoms with Crippen molar-refractivity contribution in [3.05, 3.63) is 46.5 Å². The number of aryl methyl sites for hydroxylation is 2. The van der Waals surface area contributed by atoms with Gasteiger partial charge in [-0.15, -0.1) is 0 Å². The number of nitrogens with one attached hydrogen (secondary N) is 1. The Bertz CT molecular complexity index is 418. The highest BCUT2D eigenvalue weighted by atomic mass is 14.8. The molecule has 0 radical (unpaired) electrons. The van der Waals surface area contributed by atoms with E-state index < -0.39 is 0 Å². The monoisotopic (exact) mass is 243 g/mol. The fourth-order valence-electron chi connectivity index (χ4n) is 2.65. The molecule has 2 rings (SSSR count). The Morgan fingerprint density at radius 3 is 2.78 bits per heavy atom. The molecule has 1 aliphatic rings. The van der Waals surface area contributed by atoms with Gasteiger partial charge in [0, 0.05) is 6.54 Å². The van der Waals surface area contributed by atoms with Gasteiger partial charge in [0.05, 0.1) is 0 Å². The van der Waals surface area contributed by atoms with Crippen molar-refractivity contribution in [3.8, 4) is 0 Å². The molecular formula is C17H25N. The Labute approximate surface area is 111 Å². The topological polar surface area (TPSA) is 12.0 Å². The highest BCUT2D eigenvalue weighted by Crippen LogP contribution is 2.19. The Morgan fingerprint density at radius 2 is 2.06 bits per heavy atom. The highest BCUT2D eigenvalue weighted by Gasteiger charge is 2.03. The lowest BCUT2D eigenvalue weighted by molar-refractivity contribution is 0.631. The number of allylic oxidation sites excluding steroid dienone is 1. The molecule has 0 heterocycles. The van der Waals surface area contributed by atoms with Crippen molar-refractivity contribution in [2.45, 2.75) is 52.5 Å². The smallest absolute Gasteiger partial charge is 0.0208 e. The molecule has 0 bridgehead atoms. The van der Waals surface area contributed by atoms with Crippen LogP contribution in [0.3, 0.4) is 0 Å². The summed E-state index contributed by atoms with van der Waals surface area (Å²) in [6, 6.07) is 6.71. The van der Waals surface area contributed by atoms with Gasteiger partial charge in [0.1, 0.15) is 0 Å². The lowest BCUT2D eigenvalue weighted by Crippen LogP contribution is -2.16. The van der Waals surface area contributed by atoms with Gasteiger partial charge in [0.25, 0.3) is 0 Å². The second-order valence-electron chi connectivity index (χ2n) is 5.46. The number of rotatable bonds is 5. The molecule has 1 nitrogen and oxygen atoms in total. The van der Waals surface area contributed by atoms with Crippen LogP contribution in [0.2, 0.25) is 0 Å². The molecule has 0 unspecified atom stereocenters. The third-order valence-corrected chi connectivity index (χ3v) is 3.82. The Balaban J connectivity index is 1.73. The zero-order valence-corrected chi connectivity index (χ0v) is 11.8. The molecule has 1 N–H and O–H groups in total. The normalized spacial score (nSPS) is 15.6. The molecule has 1 aliphatic carbocycles. The van der Waals surface area contributed by atoms with Gasteiger partial charge in [-0.2, -0.15) is 0 Å². The van der Waals surface area contributed by atoms with Crippen LogP contribution in [0.1, 0.15) is 48.8 Å². The second kappa shape index (κ2) is 6.75. The molecule has 0 aromatic heterocycles. The van der Waals surface area contributed by atoms with Crippen LogP contribution < -0.4 is 5.32 Å². The molecule has 0 spiro atoms. The average molecular weight is 243 g/mol. The SMILES string of the molecule is Cc1ccc(CNCCC2=CCCCC2)c(C)c1. The van der Waals surface area contributed by atoms with E-state index in [9.17, 15) is 0 Å². The van der Waals surface area contributed by atoms with E-state index in [1.54, 1.807) is 5.57 Å². The van der Waals surface area contributed by atoms with Crippen LogP contribution >= 0.6 is 0 Å². The molecule has 0 aliphatic heterocycles. The number of benzene rings is 1. The van der Waals surface area contributed by atoms with E-state index in [2.05, 4.69) is 43.4 Å². The molecule has 0 saturated carbocycles. The molecule has 0 atom stereocenters. The maximum atomic E-state index is 3.57. The molecule has 1 heteroatoms. The largest absolute Gasteiger partial charge is 0.312 e. The van der Waals surface area contributed by atoms with Crippen LogP contribution in [0.15, 0.2) is 29.8 Å². The van der Waals surface area contributed by atoms with Crippen molar-refractivity contribution in [3.63, 3.8) is 0 Å². The van der Waals surface area contributed by atoms with E-state index >= 15 is 0 Å². The van der Waals surface area contributed by atoms with Crippen LogP contribution in [0.5, 0.6) is 0 Å². The molecule has 98 valence electrons. The summed E-state index contributed by atoms with van der Waals surface area (Å²) in [4.78, 5) is 0. The van der Waals surface area contributed by atoms with Crippen LogP contribution in [0, 0.1) is 13.8 Å². The first kappa shape index (κ1) is 13.4. The van der Waals surface area contributed by atoms with Crippen molar-refractivity contribution < 1.29 is 0 Å². The maximum absolute atomic E-state index is 3.57. The summed E-state index contributed by atoms with van der Waals surface area (Å²) >= 11 is 0. The van der Waals surface area contributed by atoms with Gasteiger partial charge in [0.2, 0.25) is 0 Å². The summed E-state index contributed by atoms with van der Waals surface area (Å²) < 4.78 is 0. The molecule has 1 aromatic rings. The lowest BCUT2D eigenvalue weighted by Gasteiger charge is -2.13. The summed E-state index contributed by atoms with van der Waals surface area (Å²) in [5.41, 5.74) is 5.84. The van der Waals surface area contributed by atoms with Gasteiger partial charge in [-0.3, -0.25) is 0 Å². The van der Waals surface area contributed by atoms with Crippen LogP contribution in [0.4, 0.5) is 0 Å². The molecule has 18 heavy (non-hydrogen) atoms. The van der Waals surface area contributed by atoms with E-state index in [0.29, 0.717) is 0 Å². The third kappa shape index (κ3) is 3.99. The van der Waals surface area contributed by atoms with Crippen molar-refractivity contribution in [1.82, 2.24) is 5.32 Å². The predicted octanol–water partition coefficient (Wildman–Crippen LogP) is 4.28. The van der Waals surface area contributed by atoms with Crippen molar-refractivity contribution >= 4 is 0 Å².